The van der Waals surface area contributed by atoms with Crippen molar-refractivity contribution in [1.29, 1.82) is 0 Å². The molecular formula is C13H21N3O2S2. The number of nitrogens with one attached hydrogen (secondary N) is 1. The monoisotopic (exact) mass is 315 g/mol. The number of piperidine rings is 1. The third-order valence-corrected chi connectivity index (χ3v) is 7.37. The molecule has 20 heavy (non-hydrogen) atoms. The van der Waals surface area contributed by atoms with Crippen molar-refractivity contribution in [1.82, 2.24) is 9.62 Å². The Morgan fingerprint density at radius 3 is 2.95 bits per heavy atom. The summed E-state index contributed by atoms with van der Waals surface area (Å²) in [6, 6.07) is 4.08. The zero-order chi connectivity index (χ0) is 14.2. The lowest BCUT2D eigenvalue weighted by Crippen LogP contribution is -2.47. The molecule has 0 radical (unpaired) electrons. The summed E-state index contributed by atoms with van der Waals surface area (Å²) >= 11 is 1.26. The van der Waals surface area contributed by atoms with Crippen LogP contribution in [-0.4, -0.2) is 38.5 Å². The minimum Gasteiger partial charge on any atom is -0.326 e. The van der Waals surface area contributed by atoms with Gasteiger partial charge in [-0.3, -0.25) is 0 Å². The zero-order valence-corrected chi connectivity index (χ0v) is 13.0. The van der Waals surface area contributed by atoms with Crippen LogP contribution in [0, 0.1) is 0 Å². The molecule has 0 saturated carbocycles. The van der Waals surface area contributed by atoms with E-state index in [0.717, 1.165) is 24.3 Å². The van der Waals surface area contributed by atoms with Crippen LogP contribution < -0.4 is 10.5 Å². The number of hydrogen-bond acceptors (Lipinski definition) is 5. The van der Waals surface area contributed by atoms with Crippen LogP contribution in [0.3, 0.4) is 0 Å². The Labute approximate surface area is 124 Å². The Balaban J connectivity index is 1.67. The van der Waals surface area contributed by atoms with Crippen LogP contribution in [0.5, 0.6) is 0 Å². The number of thiophene rings is 1. The molecular weight excluding hydrogens is 294 g/mol. The van der Waals surface area contributed by atoms with Crippen LogP contribution in [-0.2, 0) is 16.6 Å². The fourth-order valence-electron chi connectivity index (χ4n) is 3.22. The average molecular weight is 315 g/mol. The molecule has 1 aromatic heterocycles. The molecule has 2 atom stereocenters. The van der Waals surface area contributed by atoms with Crippen LogP contribution in [0.15, 0.2) is 16.3 Å². The Morgan fingerprint density at radius 1 is 1.35 bits per heavy atom. The van der Waals surface area contributed by atoms with Crippen LogP contribution in [0.2, 0.25) is 0 Å². The molecule has 0 aromatic carbocycles. The molecule has 2 saturated heterocycles. The molecule has 7 heteroatoms. The highest BCUT2D eigenvalue weighted by Gasteiger charge is 2.33. The van der Waals surface area contributed by atoms with Crippen LogP contribution in [0.1, 0.15) is 30.6 Å². The van der Waals surface area contributed by atoms with E-state index < -0.39 is 10.0 Å². The molecule has 2 aliphatic heterocycles. The van der Waals surface area contributed by atoms with E-state index in [0.29, 0.717) is 16.8 Å². The van der Waals surface area contributed by atoms with E-state index in [1.54, 1.807) is 12.1 Å². The van der Waals surface area contributed by atoms with Gasteiger partial charge in [0.2, 0.25) is 10.0 Å². The van der Waals surface area contributed by atoms with Crippen molar-refractivity contribution in [3.8, 4) is 0 Å². The topological polar surface area (TPSA) is 75.4 Å². The van der Waals surface area contributed by atoms with Gasteiger partial charge in [0.1, 0.15) is 4.21 Å². The van der Waals surface area contributed by atoms with E-state index in [9.17, 15) is 8.42 Å². The number of hydrogen-bond donors (Lipinski definition) is 2. The second-order valence-electron chi connectivity index (χ2n) is 5.60. The second kappa shape index (κ2) is 5.73. The zero-order valence-electron chi connectivity index (χ0n) is 11.4. The van der Waals surface area contributed by atoms with Gasteiger partial charge in [-0.25, -0.2) is 13.1 Å². The van der Waals surface area contributed by atoms with Crippen molar-refractivity contribution < 1.29 is 8.42 Å². The lowest BCUT2D eigenvalue weighted by atomic mass is 9.99. The predicted molar refractivity (Wildman–Crippen MR) is 80.1 cm³/mol. The first kappa shape index (κ1) is 14.5. The van der Waals surface area contributed by atoms with Gasteiger partial charge in [-0.05, 0) is 50.9 Å². The third kappa shape index (κ3) is 2.92. The first-order valence-corrected chi connectivity index (χ1v) is 9.43. The van der Waals surface area contributed by atoms with Gasteiger partial charge in [-0.1, -0.05) is 0 Å². The quantitative estimate of drug-likeness (QED) is 0.873. The van der Waals surface area contributed by atoms with E-state index in [1.165, 1.54) is 30.7 Å². The molecule has 2 unspecified atom stereocenters. The lowest BCUT2D eigenvalue weighted by Gasteiger charge is -2.34. The van der Waals surface area contributed by atoms with Crippen molar-refractivity contribution in [3.63, 3.8) is 0 Å². The molecule has 0 aliphatic carbocycles. The summed E-state index contributed by atoms with van der Waals surface area (Å²) in [7, 11) is -3.38. The minimum atomic E-state index is -3.38. The maximum absolute atomic E-state index is 12.4. The third-order valence-electron chi connectivity index (χ3n) is 4.25. The summed E-state index contributed by atoms with van der Waals surface area (Å²) in [5.41, 5.74) is 5.54. The standard InChI is InChI=1S/C13H21N3O2S2/c14-9-12-3-4-13(19-12)20(17,18)15-10-5-7-16-6-1-2-11(16)8-10/h3-4,10-11,15H,1-2,5-9,14H2. The van der Waals surface area contributed by atoms with E-state index >= 15 is 0 Å². The van der Waals surface area contributed by atoms with E-state index in [2.05, 4.69) is 9.62 Å². The fraction of sp³-hybridized carbons (Fsp3) is 0.692. The highest BCUT2D eigenvalue weighted by Crippen LogP contribution is 2.28. The fourth-order valence-corrected chi connectivity index (χ4v) is 5.76. The molecule has 3 N–H and O–H groups in total. The summed E-state index contributed by atoms with van der Waals surface area (Å²) in [5, 5.41) is 0. The van der Waals surface area contributed by atoms with Crippen LogP contribution in [0.4, 0.5) is 0 Å². The maximum Gasteiger partial charge on any atom is 0.250 e. The molecule has 0 bridgehead atoms. The van der Waals surface area contributed by atoms with Crippen LogP contribution >= 0.6 is 11.3 Å². The average Bonchev–Trinajstić information content (AvgIpc) is 3.06. The molecule has 5 nitrogen and oxygen atoms in total. The molecule has 112 valence electrons. The summed E-state index contributed by atoms with van der Waals surface area (Å²) in [6.07, 6.45) is 4.29. The number of sulfonamides is 1. The minimum absolute atomic E-state index is 0.0720. The summed E-state index contributed by atoms with van der Waals surface area (Å²) in [6.45, 7) is 2.58. The smallest absolute Gasteiger partial charge is 0.250 e. The van der Waals surface area contributed by atoms with Crippen molar-refractivity contribution >= 4 is 21.4 Å². The van der Waals surface area contributed by atoms with Gasteiger partial charge in [-0.15, -0.1) is 11.3 Å². The van der Waals surface area contributed by atoms with Crippen molar-refractivity contribution in [2.45, 2.75) is 48.5 Å². The Bertz CT molecular complexity index is 570. The maximum atomic E-state index is 12.4. The van der Waals surface area contributed by atoms with Gasteiger partial charge in [0, 0.05) is 23.5 Å². The first-order chi connectivity index (χ1) is 9.58. The molecule has 2 aliphatic rings. The van der Waals surface area contributed by atoms with E-state index in [-0.39, 0.29) is 6.04 Å². The number of fused-ring (bicyclic) bond motifs is 1. The van der Waals surface area contributed by atoms with E-state index in [1.807, 2.05) is 0 Å². The Kier molecular flexibility index (Phi) is 4.14. The molecule has 3 rings (SSSR count). The molecule has 0 spiro atoms. The molecule has 0 amide bonds. The Morgan fingerprint density at radius 2 is 2.20 bits per heavy atom. The number of nitrogens with zero attached hydrogens (tertiary/aromatic N) is 1. The van der Waals surface area contributed by atoms with Gasteiger partial charge in [-0.2, -0.15) is 0 Å². The summed E-state index contributed by atoms with van der Waals surface area (Å²) in [5.74, 6) is 0. The molecule has 2 fully saturated rings. The van der Waals surface area contributed by atoms with Crippen molar-refractivity contribution in [2.24, 2.45) is 5.73 Å². The number of nitrogens with two attached hydrogens (primary N) is 1. The molecule has 3 heterocycles. The van der Waals surface area contributed by atoms with E-state index in [4.69, 9.17) is 5.73 Å². The van der Waals surface area contributed by atoms with Gasteiger partial charge in [0.05, 0.1) is 0 Å². The predicted octanol–water partition coefficient (Wildman–Crippen LogP) is 1.11. The molecule has 1 aromatic rings. The highest BCUT2D eigenvalue weighted by molar-refractivity contribution is 7.91. The van der Waals surface area contributed by atoms with Gasteiger partial charge in [0.15, 0.2) is 0 Å². The number of rotatable bonds is 4. The normalized spacial score (nSPS) is 27.6. The summed E-state index contributed by atoms with van der Waals surface area (Å²) in [4.78, 5) is 3.39. The van der Waals surface area contributed by atoms with Crippen molar-refractivity contribution in [2.75, 3.05) is 13.1 Å². The lowest BCUT2D eigenvalue weighted by molar-refractivity contribution is 0.176. The summed E-state index contributed by atoms with van der Waals surface area (Å²) < 4.78 is 28.0. The largest absolute Gasteiger partial charge is 0.326 e. The SMILES string of the molecule is NCc1ccc(S(=O)(=O)NC2CCN3CCCC3C2)s1. The van der Waals surface area contributed by atoms with Gasteiger partial charge in [0.25, 0.3) is 0 Å². The first-order valence-electron chi connectivity index (χ1n) is 7.13. The van der Waals surface area contributed by atoms with Gasteiger partial charge < -0.3 is 10.6 Å². The van der Waals surface area contributed by atoms with Crippen LogP contribution in [0.25, 0.3) is 0 Å². The Hall–Kier alpha value is -0.470. The van der Waals surface area contributed by atoms with Gasteiger partial charge >= 0.3 is 0 Å². The second-order valence-corrected chi connectivity index (χ2v) is 8.71. The highest BCUT2D eigenvalue weighted by atomic mass is 32.2. The van der Waals surface area contributed by atoms with Crippen molar-refractivity contribution in [3.05, 3.63) is 17.0 Å².